The van der Waals surface area contributed by atoms with Gasteiger partial charge in [-0.05, 0) is 19.4 Å². The fourth-order valence-electron chi connectivity index (χ4n) is 2.22. The smallest absolute Gasteiger partial charge is 0.228 e. The Morgan fingerprint density at radius 3 is 2.88 bits per heavy atom. The monoisotopic (exact) mass is 228 g/mol. The number of nitrogens with one attached hydrogen (secondary N) is 1. The Kier molecular flexibility index (Phi) is 5.77. The lowest BCUT2D eigenvalue weighted by Gasteiger charge is -2.30. The van der Waals surface area contributed by atoms with E-state index < -0.39 is 0 Å². The Morgan fingerprint density at radius 1 is 1.62 bits per heavy atom. The number of carbonyl (C=O) groups is 1. The van der Waals surface area contributed by atoms with E-state index in [0.717, 1.165) is 32.5 Å². The van der Waals surface area contributed by atoms with Crippen molar-refractivity contribution in [3.63, 3.8) is 0 Å². The average molecular weight is 228 g/mol. The number of hydrogen-bond acceptors (Lipinski definition) is 3. The van der Waals surface area contributed by atoms with Crippen molar-refractivity contribution in [2.24, 2.45) is 5.92 Å². The zero-order valence-electron chi connectivity index (χ0n) is 10.7. The van der Waals surface area contributed by atoms with E-state index in [1.807, 2.05) is 11.8 Å². The first-order valence-electron chi connectivity index (χ1n) is 6.20. The molecular weight excluding hydrogens is 204 g/mol. The minimum absolute atomic E-state index is 0.0304. The first-order chi connectivity index (χ1) is 7.70. The number of hydrogen-bond donors (Lipinski definition) is 1. The summed E-state index contributed by atoms with van der Waals surface area (Å²) in [6.07, 6.45) is 2.09. The van der Waals surface area contributed by atoms with E-state index in [2.05, 4.69) is 12.2 Å². The highest BCUT2D eigenvalue weighted by molar-refractivity contribution is 5.79. The molecule has 0 saturated carbocycles. The van der Waals surface area contributed by atoms with Crippen molar-refractivity contribution >= 4 is 5.91 Å². The molecule has 0 aliphatic carbocycles. The van der Waals surface area contributed by atoms with Crippen molar-refractivity contribution in [2.75, 3.05) is 33.4 Å². The second-order valence-electron chi connectivity index (χ2n) is 4.53. The van der Waals surface area contributed by atoms with E-state index in [1.54, 1.807) is 7.11 Å². The van der Waals surface area contributed by atoms with Crippen molar-refractivity contribution in [1.29, 1.82) is 0 Å². The Bertz CT molecular complexity index is 215. The summed E-state index contributed by atoms with van der Waals surface area (Å²) in [5.41, 5.74) is 0. The summed E-state index contributed by atoms with van der Waals surface area (Å²) in [4.78, 5) is 14.3. The van der Waals surface area contributed by atoms with Gasteiger partial charge in [0.2, 0.25) is 5.91 Å². The predicted molar refractivity (Wildman–Crippen MR) is 64.3 cm³/mol. The molecule has 1 N–H and O–H groups in total. The van der Waals surface area contributed by atoms with Gasteiger partial charge in [0.15, 0.2) is 0 Å². The van der Waals surface area contributed by atoms with Crippen LogP contribution < -0.4 is 5.32 Å². The fourth-order valence-corrected chi connectivity index (χ4v) is 2.22. The maximum Gasteiger partial charge on any atom is 0.228 e. The van der Waals surface area contributed by atoms with Crippen LogP contribution in [0.1, 0.15) is 26.7 Å². The number of nitrogens with zero attached hydrogens (tertiary/aromatic N) is 1. The van der Waals surface area contributed by atoms with Crippen LogP contribution >= 0.6 is 0 Å². The van der Waals surface area contributed by atoms with Crippen molar-refractivity contribution < 1.29 is 9.53 Å². The zero-order valence-corrected chi connectivity index (χ0v) is 10.7. The Balaban J connectivity index is 2.56. The van der Waals surface area contributed by atoms with Crippen LogP contribution in [0, 0.1) is 5.92 Å². The lowest BCUT2D eigenvalue weighted by molar-refractivity contribution is -0.138. The third-order valence-corrected chi connectivity index (χ3v) is 3.06. The molecular formula is C12H24N2O2. The second kappa shape index (κ2) is 6.86. The third kappa shape index (κ3) is 3.46. The number of amides is 1. The van der Waals surface area contributed by atoms with Crippen molar-refractivity contribution in [1.82, 2.24) is 10.2 Å². The molecule has 16 heavy (non-hydrogen) atoms. The minimum Gasteiger partial charge on any atom is -0.384 e. The fraction of sp³-hybridized carbons (Fsp3) is 0.917. The van der Waals surface area contributed by atoms with E-state index in [4.69, 9.17) is 4.74 Å². The van der Waals surface area contributed by atoms with Gasteiger partial charge in [0.25, 0.3) is 0 Å². The molecule has 1 heterocycles. The molecule has 94 valence electrons. The molecule has 1 fully saturated rings. The molecule has 0 radical (unpaired) electrons. The van der Waals surface area contributed by atoms with Gasteiger partial charge in [-0.2, -0.15) is 0 Å². The van der Waals surface area contributed by atoms with Gasteiger partial charge in [-0.25, -0.2) is 0 Å². The SMILES string of the molecule is CCCN(C(=O)[C@@H](C)COC)[C@@H]1CCNC1. The van der Waals surface area contributed by atoms with E-state index in [0.29, 0.717) is 12.6 Å². The molecule has 1 aliphatic heterocycles. The van der Waals surface area contributed by atoms with Crippen LogP contribution in [-0.4, -0.2) is 50.2 Å². The zero-order chi connectivity index (χ0) is 12.0. The lowest BCUT2D eigenvalue weighted by Crippen LogP contribution is -2.45. The number of ether oxygens (including phenoxy) is 1. The van der Waals surface area contributed by atoms with Crippen LogP contribution in [0.4, 0.5) is 0 Å². The standard InChI is InChI=1S/C12H24N2O2/c1-4-7-14(11-5-6-13-8-11)12(15)10(2)9-16-3/h10-11,13H,4-9H2,1-3H3/t10-,11+/m0/s1. The van der Waals surface area contributed by atoms with E-state index in [9.17, 15) is 4.79 Å². The van der Waals surface area contributed by atoms with Gasteiger partial charge in [-0.15, -0.1) is 0 Å². The van der Waals surface area contributed by atoms with Gasteiger partial charge in [0.1, 0.15) is 0 Å². The first-order valence-corrected chi connectivity index (χ1v) is 6.20. The predicted octanol–water partition coefficient (Wildman–Crippen LogP) is 0.869. The van der Waals surface area contributed by atoms with Crippen molar-refractivity contribution in [3.05, 3.63) is 0 Å². The molecule has 1 rings (SSSR count). The lowest BCUT2D eigenvalue weighted by atomic mass is 10.1. The normalized spacial score (nSPS) is 22.1. The molecule has 1 saturated heterocycles. The summed E-state index contributed by atoms with van der Waals surface area (Å²) in [5, 5.41) is 3.31. The first kappa shape index (κ1) is 13.5. The topological polar surface area (TPSA) is 41.6 Å². The quantitative estimate of drug-likeness (QED) is 0.733. The number of rotatable bonds is 6. The highest BCUT2D eigenvalue weighted by atomic mass is 16.5. The van der Waals surface area contributed by atoms with Gasteiger partial charge >= 0.3 is 0 Å². The summed E-state index contributed by atoms with van der Waals surface area (Å²) in [5.74, 6) is 0.203. The average Bonchev–Trinajstić information content (AvgIpc) is 2.78. The van der Waals surface area contributed by atoms with Crippen LogP contribution in [0.15, 0.2) is 0 Å². The summed E-state index contributed by atoms with van der Waals surface area (Å²) < 4.78 is 5.05. The summed E-state index contributed by atoms with van der Waals surface area (Å²) in [6.45, 7) is 7.39. The number of carbonyl (C=O) groups excluding carboxylic acids is 1. The van der Waals surface area contributed by atoms with Gasteiger partial charge in [-0.3, -0.25) is 4.79 Å². The molecule has 4 heteroatoms. The molecule has 0 bridgehead atoms. The Labute approximate surface area is 98.3 Å². The molecule has 1 aliphatic rings. The molecule has 0 aromatic rings. The maximum atomic E-state index is 12.2. The molecule has 0 aromatic heterocycles. The summed E-state index contributed by atoms with van der Waals surface area (Å²) in [7, 11) is 1.64. The highest BCUT2D eigenvalue weighted by Gasteiger charge is 2.28. The van der Waals surface area contributed by atoms with E-state index in [1.165, 1.54) is 0 Å². The molecule has 2 atom stereocenters. The van der Waals surface area contributed by atoms with E-state index in [-0.39, 0.29) is 11.8 Å². The van der Waals surface area contributed by atoms with Crippen LogP contribution in [0.25, 0.3) is 0 Å². The number of methoxy groups -OCH3 is 1. The van der Waals surface area contributed by atoms with Gasteiger partial charge in [-0.1, -0.05) is 13.8 Å². The van der Waals surface area contributed by atoms with Crippen LogP contribution in [0.3, 0.4) is 0 Å². The summed E-state index contributed by atoms with van der Waals surface area (Å²) >= 11 is 0. The van der Waals surface area contributed by atoms with Crippen molar-refractivity contribution in [2.45, 2.75) is 32.7 Å². The second-order valence-corrected chi connectivity index (χ2v) is 4.53. The van der Waals surface area contributed by atoms with Crippen LogP contribution in [0.2, 0.25) is 0 Å². The largest absolute Gasteiger partial charge is 0.384 e. The van der Waals surface area contributed by atoms with Crippen LogP contribution in [-0.2, 0) is 9.53 Å². The van der Waals surface area contributed by atoms with Gasteiger partial charge in [0, 0.05) is 26.2 Å². The summed E-state index contributed by atoms with van der Waals surface area (Å²) in [6, 6.07) is 0.381. The molecule has 0 unspecified atom stereocenters. The van der Waals surface area contributed by atoms with E-state index >= 15 is 0 Å². The van der Waals surface area contributed by atoms with Crippen LogP contribution in [0.5, 0.6) is 0 Å². The van der Waals surface area contributed by atoms with Gasteiger partial charge < -0.3 is 15.0 Å². The highest BCUT2D eigenvalue weighted by Crippen LogP contribution is 2.13. The minimum atomic E-state index is -0.0304. The molecule has 1 amide bonds. The third-order valence-electron chi connectivity index (χ3n) is 3.06. The van der Waals surface area contributed by atoms with Gasteiger partial charge in [0.05, 0.1) is 12.5 Å². The molecule has 4 nitrogen and oxygen atoms in total. The van der Waals surface area contributed by atoms with Crippen molar-refractivity contribution in [3.8, 4) is 0 Å². The molecule has 0 spiro atoms. The Hall–Kier alpha value is -0.610. The maximum absolute atomic E-state index is 12.2. The Morgan fingerprint density at radius 2 is 2.38 bits per heavy atom. The molecule has 0 aromatic carbocycles.